The van der Waals surface area contributed by atoms with E-state index in [9.17, 15) is 0 Å². The van der Waals surface area contributed by atoms with Crippen molar-refractivity contribution in [1.29, 1.82) is 0 Å². The Hall–Kier alpha value is -0.770. The van der Waals surface area contributed by atoms with Crippen LogP contribution in [0.5, 0.6) is 0 Å². The third-order valence-electron chi connectivity index (χ3n) is 2.15. The third-order valence-corrected chi connectivity index (χ3v) is 3.58. The lowest BCUT2D eigenvalue weighted by atomic mass is 10.2. The van der Waals surface area contributed by atoms with E-state index in [2.05, 4.69) is 46.3 Å². The predicted molar refractivity (Wildman–Crippen MR) is 72.6 cm³/mol. The van der Waals surface area contributed by atoms with E-state index >= 15 is 0 Å². The topological polar surface area (TPSA) is 26.0 Å². The highest BCUT2D eigenvalue weighted by Gasteiger charge is 2.00. The van der Waals surface area contributed by atoms with Gasteiger partial charge in [0.15, 0.2) is 0 Å². The fourth-order valence-corrected chi connectivity index (χ4v) is 3.08. The fourth-order valence-electron chi connectivity index (χ4n) is 1.42. The molecule has 0 bridgehead atoms. The lowest BCUT2D eigenvalue weighted by molar-refractivity contribution is 1.06. The van der Waals surface area contributed by atoms with E-state index in [1.165, 1.54) is 9.79 Å². The highest BCUT2D eigenvalue weighted by Crippen LogP contribution is 2.30. The van der Waals surface area contributed by atoms with Gasteiger partial charge >= 0.3 is 0 Å². The van der Waals surface area contributed by atoms with Crippen LogP contribution in [0.15, 0.2) is 62.8 Å². The summed E-state index contributed by atoms with van der Waals surface area (Å²) < 4.78 is 1.08. The van der Waals surface area contributed by atoms with Crippen molar-refractivity contribution < 1.29 is 0 Å². The molecule has 0 aliphatic carbocycles. The van der Waals surface area contributed by atoms with Crippen molar-refractivity contribution in [2.45, 2.75) is 16.3 Å². The maximum atomic E-state index is 5.65. The van der Waals surface area contributed by atoms with Gasteiger partial charge < -0.3 is 5.73 Å². The second kappa shape index (κ2) is 5.53. The van der Waals surface area contributed by atoms with Crippen molar-refractivity contribution >= 4 is 27.7 Å². The monoisotopic (exact) mass is 293 g/mol. The lowest BCUT2D eigenvalue weighted by Crippen LogP contribution is -1.95. The highest BCUT2D eigenvalue weighted by atomic mass is 79.9. The van der Waals surface area contributed by atoms with Crippen LogP contribution in [0.2, 0.25) is 0 Å². The first-order chi connectivity index (χ1) is 7.78. The Morgan fingerprint density at radius 1 is 1.00 bits per heavy atom. The first-order valence-electron chi connectivity index (χ1n) is 5.00. The van der Waals surface area contributed by atoms with Crippen molar-refractivity contribution in [2.75, 3.05) is 0 Å². The van der Waals surface area contributed by atoms with Crippen LogP contribution in [0.3, 0.4) is 0 Å². The van der Waals surface area contributed by atoms with Crippen molar-refractivity contribution in [1.82, 2.24) is 0 Å². The summed E-state index contributed by atoms with van der Waals surface area (Å²) in [6.07, 6.45) is 0. The van der Waals surface area contributed by atoms with Crippen LogP contribution in [0.1, 0.15) is 5.56 Å². The Balaban J connectivity index is 2.24. The quantitative estimate of drug-likeness (QED) is 0.924. The van der Waals surface area contributed by atoms with Gasteiger partial charge in [0, 0.05) is 20.8 Å². The largest absolute Gasteiger partial charge is 0.326 e. The average Bonchev–Trinajstić information content (AvgIpc) is 2.29. The molecule has 0 radical (unpaired) electrons. The van der Waals surface area contributed by atoms with E-state index in [-0.39, 0.29) is 0 Å². The first-order valence-corrected chi connectivity index (χ1v) is 6.61. The fraction of sp³-hybridized carbons (Fsp3) is 0.0769. The molecule has 0 saturated heterocycles. The Kier molecular flexibility index (Phi) is 4.04. The van der Waals surface area contributed by atoms with Gasteiger partial charge in [-0.1, -0.05) is 45.9 Å². The van der Waals surface area contributed by atoms with Crippen molar-refractivity contribution in [3.8, 4) is 0 Å². The number of rotatable bonds is 3. The molecule has 2 aromatic carbocycles. The van der Waals surface area contributed by atoms with Gasteiger partial charge in [0.1, 0.15) is 0 Å². The zero-order valence-electron chi connectivity index (χ0n) is 8.69. The molecule has 2 aromatic rings. The summed E-state index contributed by atoms with van der Waals surface area (Å²) in [7, 11) is 0. The number of hydrogen-bond donors (Lipinski definition) is 1. The molecule has 0 aromatic heterocycles. The van der Waals surface area contributed by atoms with Gasteiger partial charge in [-0.3, -0.25) is 0 Å². The van der Waals surface area contributed by atoms with E-state index in [1.807, 2.05) is 18.2 Å². The molecule has 0 amide bonds. The minimum absolute atomic E-state index is 0.571. The van der Waals surface area contributed by atoms with Gasteiger partial charge in [-0.2, -0.15) is 0 Å². The standard InChI is InChI=1S/C13H12BrNS/c14-11-6-10(9-15)7-13(8-11)16-12-4-2-1-3-5-12/h1-8H,9,15H2. The molecule has 0 spiro atoms. The Morgan fingerprint density at radius 3 is 2.44 bits per heavy atom. The number of hydrogen-bond acceptors (Lipinski definition) is 2. The van der Waals surface area contributed by atoms with Gasteiger partial charge in [0.25, 0.3) is 0 Å². The molecule has 3 heteroatoms. The molecule has 0 aliphatic heterocycles. The van der Waals surface area contributed by atoms with Gasteiger partial charge in [-0.25, -0.2) is 0 Å². The van der Waals surface area contributed by atoms with Crippen LogP contribution in [-0.2, 0) is 6.54 Å². The van der Waals surface area contributed by atoms with Crippen LogP contribution in [-0.4, -0.2) is 0 Å². The maximum Gasteiger partial charge on any atom is 0.0189 e. The molecule has 0 atom stereocenters. The van der Waals surface area contributed by atoms with Crippen molar-refractivity contribution in [3.63, 3.8) is 0 Å². The van der Waals surface area contributed by atoms with E-state index < -0.39 is 0 Å². The highest BCUT2D eigenvalue weighted by molar-refractivity contribution is 9.10. The van der Waals surface area contributed by atoms with Crippen LogP contribution in [0.25, 0.3) is 0 Å². The molecule has 2 N–H and O–H groups in total. The Bertz CT molecular complexity index is 471. The molecule has 0 heterocycles. The minimum Gasteiger partial charge on any atom is -0.326 e. The summed E-state index contributed by atoms with van der Waals surface area (Å²) in [6, 6.07) is 16.6. The third kappa shape index (κ3) is 3.11. The molecular weight excluding hydrogens is 282 g/mol. The molecule has 0 fully saturated rings. The molecule has 82 valence electrons. The smallest absolute Gasteiger partial charge is 0.0189 e. The number of nitrogens with two attached hydrogens (primary N) is 1. The summed E-state index contributed by atoms with van der Waals surface area (Å²) in [5.74, 6) is 0. The molecule has 1 nitrogen and oxygen atoms in total. The zero-order valence-corrected chi connectivity index (χ0v) is 11.1. The maximum absolute atomic E-state index is 5.65. The van der Waals surface area contributed by atoms with Crippen molar-refractivity contribution in [2.24, 2.45) is 5.73 Å². The van der Waals surface area contributed by atoms with Gasteiger partial charge in [-0.15, -0.1) is 0 Å². The van der Waals surface area contributed by atoms with Gasteiger partial charge in [0.2, 0.25) is 0 Å². The van der Waals surface area contributed by atoms with Crippen LogP contribution >= 0.6 is 27.7 Å². The molecule has 16 heavy (non-hydrogen) atoms. The summed E-state index contributed by atoms with van der Waals surface area (Å²) in [5.41, 5.74) is 6.80. The SMILES string of the molecule is NCc1cc(Br)cc(Sc2ccccc2)c1. The van der Waals surface area contributed by atoms with Crippen molar-refractivity contribution in [3.05, 3.63) is 58.6 Å². The summed E-state index contributed by atoms with van der Waals surface area (Å²) in [5, 5.41) is 0. The Morgan fingerprint density at radius 2 is 1.75 bits per heavy atom. The number of benzene rings is 2. The second-order valence-corrected chi connectivity index (χ2v) is 5.48. The normalized spacial score (nSPS) is 10.4. The second-order valence-electron chi connectivity index (χ2n) is 3.41. The average molecular weight is 294 g/mol. The molecule has 0 unspecified atom stereocenters. The zero-order chi connectivity index (χ0) is 11.4. The summed E-state index contributed by atoms with van der Waals surface area (Å²) >= 11 is 5.24. The van der Waals surface area contributed by atoms with Crippen LogP contribution in [0.4, 0.5) is 0 Å². The van der Waals surface area contributed by atoms with E-state index in [0.717, 1.165) is 10.0 Å². The van der Waals surface area contributed by atoms with E-state index in [1.54, 1.807) is 11.8 Å². The molecule has 0 saturated carbocycles. The molecule has 0 aliphatic rings. The molecule has 2 rings (SSSR count). The predicted octanol–water partition coefficient (Wildman–Crippen LogP) is 4.06. The number of halogens is 1. The van der Waals surface area contributed by atoms with E-state index in [0.29, 0.717) is 6.54 Å². The Labute approximate surface area is 108 Å². The molecular formula is C13H12BrNS. The van der Waals surface area contributed by atoms with Crippen LogP contribution in [0, 0.1) is 0 Å². The van der Waals surface area contributed by atoms with E-state index in [4.69, 9.17) is 5.73 Å². The first kappa shape index (κ1) is 11.7. The summed E-state index contributed by atoms with van der Waals surface area (Å²) in [4.78, 5) is 2.45. The van der Waals surface area contributed by atoms with Crippen LogP contribution < -0.4 is 5.73 Å². The minimum atomic E-state index is 0.571. The lowest BCUT2D eigenvalue weighted by Gasteiger charge is -2.05. The van der Waals surface area contributed by atoms with Gasteiger partial charge in [-0.05, 0) is 35.9 Å². The summed E-state index contributed by atoms with van der Waals surface area (Å²) in [6.45, 7) is 0.571. The van der Waals surface area contributed by atoms with Gasteiger partial charge in [0.05, 0.1) is 0 Å².